The normalized spacial score (nSPS) is 15.2. The van der Waals surface area contributed by atoms with Crippen LogP contribution in [0.2, 0.25) is 0 Å². The monoisotopic (exact) mass is 421 g/mol. The average Bonchev–Trinajstić information content (AvgIpc) is 3.15. The summed E-state index contributed by atoms with van der Waals surface area (Å²) in [7, 11) is -3.45. The number of hydrogen-bond donors (Lipinski definition) is 2. The van der Waals surface area contributed by atoms with Crippen molar-refractivity contribution in [3.8, 4) is 0 Å². The summed E-state index contributed by atoms with van der Waals surface area (Å²) in [4.78, 5) is 24.1. The summed E-state index contributed by atoms with van der Waals surface area (Å²) in [5.74, 6) is -0.431. The highest BCUT2D eigenvalue weighted by molar-refractivity contribution is 7.89. The first-order valence-electron chi connectivity index (χ1n) is 9.11. The minimum atomic E-state index is -3.45. The van der Waals surface area contributed by atoms with Gasteiger partial charge in [-0.05, 0) is 42.7 Å². The standard InChI is InChI=1S/C19H23N3O4S2/c1-14(23)21-18-10-9-17(27-18)19(24)20-13-15-5-7-16(8-6-15)28(25,26)22-11-3-2-4-12-22/h5-10H,2-4,11-13H2,1H3,(H,20,24)(H,21,23). The number of hydrogen-bond acceptors (Lipinski definition) is 5. The topological polar surface area (TPSA) is 95.6 Å². The summed E-state index contributed by atoms with van der Waals surface area (Å²) in [5.41, 5.74) is 0.810. The highest BCUT2D eigenvalue weighted by Crippen LogP contribution is 2.22. The second-order valence-corrected chi connectivity index (χ2v) is 9.66. The zero-order valence-electron chi connectivity index (χ0n) is 15.6. The molecule has 1 aromatic heterocycles. The predicted molar refractivity (Wildman–Crippen MR) is 109 cm³/mol. The van der Waals surface area contributed by atoms with E-state index >= 15 is 0 Å². The van der Waals surface area contributed by atoms with E-state index in [1.807, 2.05) is 0 Å². The molecule has 28 heavy (non-hydrogen) atoms. The average molecular weight is 422 g/mol. The molecule has 0 radical (unpaired) electrons. The summed E-state index contributed by atoms with van der Waals surface area (Å²) in [6.45, 7) is 2.84. The Hall–Kier alpha value is -2.23. The van der Waals surface area contributed by atoms with Crippen molar-refractivity contribution >= 4 is 38.2 Å². The molecule has 1 aliphatic heterocycles. The zero-order chi connectivity index (χ0) is 20.1. The Labute approximate surface area is 168 Å². The van der Waals surface area contributed by atoms with Gasteiger partial charge in [-0.25, -0.2) is 8.42 Å². The molecule has 2 N–H and O–H groups in total. The minimum Gasteiger partial charge on any atom is -0.347 e. The molecule has 9 heteroatoms. The number of carbonyl (C=O) groups is 2. The molecule has 0 aliphatic carbocycles. The van der Waals surface area contributed by atoms with Crippen LogP contribution in [0.5, 0.6) is 0 Å². The fraction of sp³-hybridized carbons (Fsp3) is 0.368. The lowest BCUT2D eigenvalue weighted by atomic mass is 10.2. The van der Waals surface area contributed by atoms with E-state index in [1.54, 1.807) is 36.4 Å². The molecule has 1 saturated heterocycles. The Bertz CT molecular complexity index is 946. The van der Waals surface area contributed by atoms with Gasteiger partial charge in [0.15, 0.2) is 0 Å². The highest BCUT2D eigenvalue weighted by atomic mass is 32.2. The van der Waals surface area contributed by atoms with E-state index in [1.165, 1.54) is 22.6 Å². The van der Waals surface area contributed by atoms with Gasteiger partial charge in [0.2, 0.25) is 15.9 Å². The molecular formula is C19H23N3O4S2. The zero-order valence-corrected chi connectivity index (χ0v) is 17.2. The molecule has 7 nitrogen and oxygen atoms in total. The van der Waals surface area contributed by atoms with Crippen LogP contribution < -0.4 is 10.6 Å². The van der Waals surface area contributed by atoms with E-state index in [0.29, 0.717) is 23.0 Å². The summed E-state index contributed by atoms with van der Waals surface area (Å²) in [6.07, 6.45) is 2.87. The number of amides is 2. The van der Waals surface area contributed by atoms with Gasteiger partial charge in [0.05, 0.1) is 14.8 Å². The first-order chi connectivity index (χ1) is 13.4. The third-order valence-corrected chi connectivity index (χ3v) is 7.37. The molecule has 0 saturated carbocycles. The summed E-state index contributed by atoms with van der Waals surface area (Å²) in [5, 5.41) is 6.06. The Morgan fingerprint density at radius 3 is 2.36 bits per heavy atom. The SMILES string of the molecule is CC(=O)Nc1ccc(C(=O)NCc2ccc(S(=O)(=O)N3CCCCC3)cc2)s1. The maximum absolute atomic E-state index is 12.7. The maximum Gasteiger partial charge on any atom is 0.261 e. The smallest absolute Gasteiger partial charge is 0.261 e. The molecule has 3 rings (SSSR count). The van der Waals surface area contributed by atoms with E-state index in [9.17, 15) is 18.0 Å². The van der Waals surface area contributed by atoms with Crippen LogP contribution in [-0.2, 0) is 21.4 Å². The first-order valence-corrected chi connectivity index (χ1v) is 11.4. The molecule has 1 aliphatic rings. The number of thiophene rings is 1. The van der Waals surface area contributed by atoms with Gasteiger partial charge in [-0.3, -0.25) is 9.59 Å². The van der Waals surface area contributed by atoms with Gasteiger partial charge >= 0.3 is 0 Å². The number of rotatable bonds is 6. The molecule has 0 atom stereocenters. The number of anilines is 1. The quantitative estimate of drug-likeness (QED) is 0.750. The van der Waals surface area contributed by atoms with Crippen LogP contribution in [0.25, 0.3) is 0 Å². The number of nitrogens with zero attached hydrogens (tertiary/aromatic N) is 1. The molecule has 2 heterocycles. The third kappa shape index (κ3) is 4.98. The number of carbonyl (C=O) groups excluding carboxylic acids is 2. The Kier molecular flexibility index (Phi) is 6.48. The Morgan fingerprint density at radius 1 is 1.04 bits per heavy atom. The van der Waals surface area contributed by atoms with E-state index in [0.717, 1.165) is 24.8 Å². The van der Waals surface area contributed by atoms with Gasteiger partial charge in [-0.2, -0.15) is 4.31 Å². The van der Waals surface area contributed by atoms with Gasteiger partial charge < -0.3 is 10.6 Å². The fourth-order valence-electron chi connectivity index (χ4n) is 3.00. The minimum absolute atomic E-state index is 0.187. The summed E-state index contributed by atoms with van der Waals surface area (Å²) < 4.78 is 26.9. The van der Waals surface area contributed by atoms with Crippen molar-refractivity contribution in [3.05, 3.63) is 46.8 Å². The van der Waals surface area contributed by atoms with E-state index in [2.05, 4.69) is 10.6 Å². The van der Waals surface area contributed by atoms with Crippen LogP contribution in [0.15, 0.2) is 41.3 Å². The van der Waals surface area contributed by atoms with Crippen LogP contribution in [0, 0.1) is 0 Å². The van der Waals surface area contributed by atoms with Gasteiger partial charge in [0.25, 0.3) is 5.91 Å². The first kappa shape index (κ1) is 20.5. The summed E-state index contributed by atoms with van der Waals surface area (Å²) in [6, 6.07) is 9.94. The predicted octanol–water partition coefficient (Wildman–Crippen LogP) is 2.81. The van der Waals surface area contributed by atoms with Crippen LogP contribution >= 0.6 is 11.3 Å². The molecule has 0 bridgehead atoms. The van der Waals surface area contributed by atoms with Crippen LogP contribution in [-0.4, -0.2) is 37.6 Å². The van der Waals surface area contributed by atoms with Crippen molar-refractivity contribution < 1.29 is 18.0 Å². The van der Waals surface area contributed by atoms with Crippen LogP contribution in [0.3, 0.4) is 0 Å². The third-order valence-electron chi connectivity index (χ3n) is 4.46. The Balaban J connectivity index is 1.59. The fourth-order valence-corrected chi connectivity index (χ4v) is 5.39. The maximum atomic E-state index is 12.7. The highest BCUT2D eigenvalue weighted by Gasteiger charge is 2.25. The second kappa shape index (κ2) is 8.85. The van der Waals surface area contributed by atoms with Crippen molar-refractivity contribution in [1.82, 2.24) is 9.62 Å². The van der Waals surface area contributed by atoms with Crippen molar-refractivity contribution in [3.63, 3.8) is 0 Å². The van der Waals surface area contributed by atoms with Gasteiger partial charge in [-0.15, -0.1) is 11.3 Å². The molecule has 1 aromatic carbocycles. The van der Waals surface area contributed by atoms with E-state index in [-0.39, 0.29) is 23.3 Å². The number of piperidine rings is 1. The van der Waals surface area contributed by atoms with Crippen LogP contribution in [0.1, 0.15) is 41.4 Å². The number of sulfonamides is 1. The molecule has 2 aromatic rings. The second-order valence-electron chi connectivity index (χ2n) is 6.64. The van der Waals surface area contributed by atoms with Crippen molar-refractivity contribution in [2.75, 3.05) is 18.4 Å². The molecule has 0 spiro atoms. The van der Waals surface area contributed by atoms with E-state index < -0.39 is 10.0 Å². The lowest BCUT2D eigenvalue weighted by Gasteiger charge is -2.25. The molecule has 150 valence electrons. The lowest BCUT2D eigenvalue weighted by molar-refractivity contribution is -0.114. The van der Waals surface area contributed by atoms with Gasteiger partial charge in [-0.1, -0.05) is 18.6 Å². The van der Waals surface area contributed by atoms with Crippen molar-refractivity contribution in [1.29, 1.82) is 0 Å². The van der Waals surface area contributed by atoms with E-state index in [4.69, 9.17) is 0 Å². The Morgan fingerprint density at radius 2 is 1.71 bits per heavy atom. The van der Waals surface area contributed by atoms with Crippen molar-refractivity contribution in [2.45, 2.75) is 37.6 Å². The van der Waals surface area contributed by atoms with Crippen molar-refractivity contribution in [2.24, 2.45) is 0 Å². The lowest BCUT2D eigenvalue weighted by Crippen LogP contribution is -2.35. The molecule has 2 amide bonds. The molecule has 1 fully saturated rings. The largest absolute Gasteiger partial charge is 0.347 e. The molecular weight excluding hydrogens is 398 g/mol. The number of benzene rings is 1. The number of nitrogens with one attached hydrogen (secondary N) is 2. The van der Waals surface area contributed by atoms with Crippen LogP contribution in [0.4, 0.5) is 5.00 Å². The summed E-state index contributed by atoms with van der Waals surface area (Å²) >= 11 is 1.20. The van der Waals surface area contributed by atoms with Gasteiger partial charge in [0, 0.05) is 26.6 Å². The molecule has 0 unspecified atom stereocenters. The van der Waals surface area contributed by atoms with Gasteiger partial charge in [0.1, 0.15) is 0 Å².